The quantitative estimate of drug-likeness (QED) is 0.0197. The number of unbranched alkanes of at least 4 members (excludes halogenated alkanes) is 20. The normalized spacial score (nSPS) is 13.5. The van der Waals surface area contributed by atoms with Gasteiger partial charge < -0.3 is 28.6 Å². The van der Waals surface area contributed by atoms with Crippen molar-refractivity contribution in [2.24, 2.45) is 0 Å². The smallest absolute Gasteiger partial charge is 0.306 e. The van der Waals surface area contributed by atoms with Crippen molar-refractivity contribution < 1.29 is 38.2 Å². The number of carboxylic acids is 1. The van der Waals surface area contributed by atoms with Gasteiger partial charge in [0.2, 0.25) is 0 Å². The Morgan fingerprint density at radius 1 is 0.492 bits per heavy atom. The van der Waals surface area contributed by atoms with E-state index in [0.717, 1.165) is 96.3 Å². The number of carbonyl (C=O) groups is 3. The van der Waals surface area contributed by atoms with Crippen molar-refractivity contribution in [3.8, 4) is 0 Å². The average Bonchev–Trinajstić information content (AvgIpc) is 3.24. The van der Waals surface area contributed by atoms with Crippen molar-refractivity contribution >= 4 is 17.9 Å². The van der Waals surface area contributed by atoms with E-state index in [-0.39, 0.29) is 42.7 Å². The average molecular weight is 882 g/mol. The molecular formula is C55H95NO7. The summed E-state index contributed by atoms with van der Waals surface area (Å²) in [5.41, 5.74) is 0. The van der Waals surface area contributed by atoms with Gasteiger partial charge in [-0.25, -0.2) is 0 Å². The van der Waals surface area contributed by atoms with Crippen molar-refractivity contribution in [2.75, 3.05) is 41.0 Å². The highest BCUT2D eigenvalue weighted by atomic mass is 16.6. The maximum Gasteiger partial charge on any atom is 0.306 e. The first kappa shape index (κ1) is 59.8. The molecule has 0 bridgehead atoms. The molecule has 2 atom stereocenters. The summed E-state index contributed by atoms with van der Waals surface area (Å²) in [4.78, 5) is 37.0. The lowest BCUT2D eigenvalue weighted by atomic mass is 10.1. The highest BCUT2D eigenvalue weighted by Crippen LogP contribution is 2.13. The van der Waals surface area contributed by atoms with Gasteiger partial charge in [-0.3, -0.25) is 9.59 Å². The Bertz CT molecular complexity index is 1260. The molecule has 0 N–H and O–H groups in total. The van der Waals surface area contributed by atoms with Crippen molar-refractivity contribution in [2.45, 2.75) is 219 Å². The minimum absolute atomic E-state index is 0.0246. The molecule has 0 saturated heterocycles. The second-order valence-electron chi connectivity index (χ2n) is 18.1. The molecule has 0 radical (unpaired) electrons. The lowest BCUT2D eigenvalue weighted by Crippen LogP contribution is -2.55. The third-order valence-corrected chi connectivity index (χ3v) is 11.1. The summed E-state index contributed by atoms with van der Waals surface area (Å²) in [7, 11) is 5.40. The van der Waals surface area contributed by atoms with Crippen LogP contribution in [-0.4, -0.2) is 75.5 Å². The molecule has 0 aromatic carbocycles. The Kier molecular flexibility index (Phi) is 43.0. The number of nitrogens with zero attached hydrogens (tertiary/aromatic N) is 1. The number of quaternary nitrogens is 1. The van der Waals surface area contributed by atoms with Crippen LogP contribution in [0.5, 0.6) is 0 Å². The van der Waals surface area contributed by atoms with Crippen LogP contribution in [0.15, 0.2) is 72.9 Å². The van der Waals surface area contributed by atoms with Gasteiger partial charge in [0.05, 0.1) is 40.3 Å². The van der Waals surface area contributed by atoms with Gasteiger partial charge in [0, 0.05) is 19.3 Å². The molecule has 2 unspecified atom stereocenters. The largest absolute Gasteiger partial charge is 0.544 e. The highest BCUT2D eigenvalue weighted by Gasteiger charge is 2.25. The number of allylic oxidation sites excluding steroid dienone is 12. The summed E-state index contributed by atoms with van der Waals surface area (Å²) in [5.74, 6) is -1.78. The zero-order valence-electron chi connectivity index (χ0n) is 41.2. The lowest BCUT2D eigenvalue weighted by molar-refractivity contribution is -0.889. The van der Waals surface area contributed by atoms with Crippen molar-refractivity contribution in [3.05, 3.63) is 72.9 Å². The summed E-state index contributed by atoms with van der Waals surface area (Å²) < 4.78 is 17.2. The summed E-state index contributed by atoms with van der Waals surface area (Å²) >= 11 is 0. The number of carboxylic acid groups (broad SMARTS) is 1. The summed E-state index contributed by atoms with van der Waals surface area (Å²) in [6.45, 7) is 4.60. The molecule has 0 aromatic rings. The molecule has 8 heteroatoms. The fourth-order valence-corrected chi connectivity index (χ4v) is 7.10. The molecular weight excluding hydrogens is 787 g/mol. The zero-order chi connectivity index (χ0) is 46.3. The third-order valence-electron chi connectivity index (χ3n) is 11.1. The van der Waals surface area contributed by atoms with Gasteiger partial charge >= 0.3 is 11.9 Å². The summed E-state index contributed by atoms with van der Waals surface area (Å²) in [6.07, 6.45) is 57.8. The zero-order valence-corrected chi connectivity index (χ0v) is 41.2. The number of aliphatic carboxylic acids is 1. The molecule has 0 aromatic heterocycles. The van der Waals surface area contributed by atoms with Crippen LogP contribution in [0.4, 0.5) is 0 Å². The van der Waals surface area contributed by atoms with Gasteiger partial charge in [-0.15, -0.1) is 0 Å². The molecule has 0 fully saturated rings. The Balaban J connectivity index is 4.35. The van der Waals surface area contributed by atoms with Gasteiger partial charge in [-0.1, -0.05) is 177 Å². The van der Waals surface area contributed by atoms with Crippen LogP contribution in [0, 0.1) is 0 Å². The molecule has 0 amide bonds. The van der Waals surface area contributed by atoms with Gasteiger partial charge in [-0.05, 0) is 83.5 Å². The van der Waals surface area contributed by atoms with Crippen molar-refractivity contribution in [1.29, 1.82) is 0 Å². The van der Waals surface area contributed by atoms with Gasteiger partial charge in [0.15, 0.2) is 6.10 Å². The topological polar surface area (TPSA) is 102 Å². The van der Waals surface area contributed by atoms with Crippen LogP contribution in [0.2, 0.25) is 0 Å². The first-order chi connectivity index (χ1) is 30.6. The maximum absolute atomic E-state index is 12.8. The number of ether oxygens (including phenoxy) is 3. The van der Waals surface area contributed by atoms with E-state index in [1.807, 2.05) is 0 Å². The monoisotopic (exact) mass is 882 g/mol. The molecule has 0 saturated carbocycles. The molecule has 63 heavy (non-hydrogen) atoms. The van der Waals surface area contributed by atoms with E-state index in [2.05, 4.69) is 86.8 Å². The standard InChI is InChI=1S/C55H95NO7/c1-6-8-10-12-14-16-18-20-22-24-26-27-28-30-32-34-36-38-40-42-44-46-54(58)63-51(49-61-48-47-52(55(59)60)56(3,4)5)50-62-53(57)45-43-41-39-37-35-33-31-29-25-23-21-19-17-15-13-11-9-7-2/h14,16,20,22-23,25-27,29-32,51-52H,6-13,15,17-19,21,24,28,33-50H2,1-5H3/b16-14+,22-20+,25-23+,27-26+,31-29+,32-30+. The molecule has 0 aliphatic rings. The number of rotatable bonds is 45. The second kappa shape index (κ2) is 45.3. The maximum atomic E-state index is 12.8. The van der Waals surface area contributed by atoms with Gasteiger partial charge in [-0.2, -0.15) is 0 Å². The Morgan fingerprint density at radius 2 is 0.889 bits per heavy atom. The molecule has 0 rings (SSSR count). The van der Waals surface area contributed by atoms with E-state index >= 15 is 0 Å². The molecule has 0 heterocycles. The van der Waals surface area contributed by atoms with Gasteiger partial charge in [0.25, 0.3) is 0 Å². The van der Waals surface area contributed by atoms with Crippen LogP contribution in [-0.2, 0) is 28.6 Å². The van der Waals surface area contributed by atoms with Crippen LogP contribution >= 0.6 is 0 Å². The number of hydrogen-bond donors (Lipinski definition) is 0. The van der Waals surface area contributed by atoms with E-state index < -0.39 is 18.1 Å². The Hall–Kier alpha value is -3.23. The number of hydrogen-bond acceptors (Lipinski definition) is 7. The molecule has 0 aliphatic carbocycles. The summed E-state index contributed by atoms with van der Waals surface area (Å²) in [5, 5.41) is 11.7. The van der Waals surface area contributed by atoms with Crippen LogP contribution < -0.4 is 5.11 Å². The van der Waals surface area contributed by atoms with E-state index in [0.29, 0.717) is 12.8 Å². The minimum Gasteiger partial charge on any atom is -0.544 e. The lowest BCUT2D eigenvalue weighted by Gasteiger charge is -2.34. The summed E-state index contributed by atoms with van der Waals surface area (Å²) in [6, 6.07) is -0.736. The van der Waals surface area contributed by atoms with E-state index in [4.69, 9.17) is 14.2 Å². The van der Waals surface area contributed by atoms with Crippen molar-refractivity contribution in [3.63, 3.8) is 0 Å². The third kappa shape index (κ3) is 43.8. The van der Waals surface area contributed by atoms with Crippen LogP contribution in [0.3, 0.4) is 0 Å². The fraction of sp³-hybridized carbons (Fsp3) is 0.727. The molecule has 0 aliphatic heterocycles. The Morgan fingerprint density at radius 3 is 1.37 bits per heavy atom. The van der Waals surface area contributed by atoms with Crippen molar-refractivity contribution in [1.82, 2.24) is 0 Å². The van der Waals surface area contributed by atoms with Crippen LogP contribution in [0.25, 0.3) is 0 Å². The SMILES string of the molecule is CCCCC/C=C/C/C=C/C/C=C/C/C=C/CCCCCCCC(=O)OC(COCCC(C(=O)[O-])[N+](C)(C)C)COC(=O)CCCCCCC/C=C/C=C/CCCCCCCCC. The number of likely N-dealkylation sites (N-methyl/N-ethyl adjacent to an activating group) is 1. The first-order valence-corrected chi connectivity index (χ1v) is 25.5. The van der Waals surface area contributed by atoms with E-state index in [9.17, 15) is 19.5 Å². The minimum atomic E-state index is -1.13. The number of carbonyl (C=O) groups excluding carboxylic acids is 3. The second-order valence-corrected chi connectivity index (χ2v) is 18.1. The number of esters is 2. The molecule has 362 valence electrons. The molecule has 8 nitrogen and oxygen atoms in total. The van der Waals surface area contributed by atoms with E-state index in [1.54, 1.807) is 21.1 Å². The molecule has 0 spiro atoms. The van der Waals surface area contributed by atoms with Gasteiger partial charge in [0.1, 0.15) is 12.6 Å². The fourth-order valence-electron chi connectivity index (χ4n) is 7.10. The predicted molar refractivity (Wildman–Crippen MR) is 263 cm³/mol. The first-order valence-electron chi connectivity index (χ1n) is 25.5. The van der Waals surface area contributed by atoms with Crippen LogP contribution in [0.1, 0.15) is 206 Å². The highest BCUT2D eigenvalue weighted by molar-refractivity contribution is 5.70. The van der Waals surface area contributed by atoms with E-state index in [1.165, 1.54) is 77.0 Å². The predicted octanol–water partition coefficient (Wildman–Crippen LogP) is 13.4. The Labute approximate surface area is 387 Å².